The lowest BCUT2D eigenvalue weighted by Gasteiger charge is -2.36. The number of aliphatic hydroxyl groups excluding tert-OH is 1. The van der Waals surface area contributed by atoms with Gasteiger partial charge in [-0.15, -0.1) is 0 Å². The Bertz CT molecular complexity index is 1030. The van der Waals surface area contributed by atoms with Gasteiger partial charge in [0.15, 0.2) is 0 Å². The average Bonchev–Trinajstić information content (AvgIpc) is 2.74. The predicted octanol–water partition coefficient (Wildman–Crippen LogP) is 2.53. The summed E-state index contributed by atoms with van der Waals surface area (Å²) in [4.78, 5) is 12.5. The number of sulfonamides is 1. The number of carbonyl (C=O) groups excluding carboxylic acids is 1. The number of hydrogen-bond donors (Lipinski definition) is 4. The predicted molar refractivity (Wildman–Crippen MR) is 118 cm³/mol. The third-order valence-electron chi connectivity index (χ3n) is 5.34. The van der Waals surface area contributed by atoms with E-state index < -0.39 is 34.0 Å². The molecule has 1 aliphatic rings. The molecule has 0 spiro atoms. The molecule has 0 radical (unpaired) electrons. The van der Waals surface area contributed by atoms with Crippen LogP contribution in [0.25, 0.3) is 0 Å². The Morgan fingerprint density at radius 2 is 1.97 bits per heavy atom. The molecule has 0 bridgehead atoms. The highest BCUT2D eigenvalue weighted by Crippen LogP contribution is 2.22. The minimum Gasteiger partial charge on any atom is -0.394 e. The van der Waals surface area contributed by atoms with Crippen molar-refractivity contribution >= 4 is 21.7 Å². The molecule has 10 heteroatoms. The Morgan fingerprint density at radius 1 is 1.19 bits per heavy atom. The molecule has 1 aliphatic heterocycles. The molecule has 0 aromatic heterocycles. The number of ether oxygens (including phenoxy) is 1. The molecular formula is C22H28FN3O5S. The van der Waals surface area contributed by atoms with Gasteiger partial charge in [0.25, 0.3) is 0 Å². The van der Waals surface area contributed by atoms with Crippen LogP contribution >= 0.6 is 0 Å². The van der Waals surface area contributed by atoms with Gasteiger partial charge in [0.05, 0.1) is 23.6 Å². The van der Waals surface area contributed by atoms with Crippen LogP contribution in [0.1, 0.15) is 24.8 Å². The van der Waals surface area contributed by atoms with E-state index >= 15 is 0 Å². The van der Waals surface area contributed by atoms with E-state index in [-0.39, 0.29) is 24.2 Å². The molecule has 4 N–H and O–H groups in total. The van der Waals surface area contributed by atoms with Crippen LogP contribution in [0.2, 0.25) is 0 Å². The molecule has 2 aromatic rings. The summed E-state index contributed by atoms with van der Waals surface area (Å²) in [6, 6.07) is 11.3. The van der Waals surface area contributed by atoms with Gasteiger partial charge >= 0.3 is 6.03 Å². The summed E-state index contributed by atoms with van der Waals surface area (Å²) in [6.45, 7) is 1.64. The monoisotopic (exact) mass is 465 g/mol. The second-order valence-corrected chi connectivity index (χ2v) is 9.46. The normalized spacial score (nSPS) is 21.2. The Kier molecular flexibility index (Phi) is 8.19. The SMILES string of the molecule is Cc1ccccc1S(=O)(=O)NCC[C@H]1CC[C@H](NC(=O)Nc2cccc(F)c2)[C@@H](CO)O1. The lowest BCUT2D eigenvalue weighted by molar-refractivity contribution is -0.0884. The van der Waals surface area contributed by atoms with Gasteiger partial charge in [-0.05, 0) is 56.0 Å². The summed E-state index contributed by atoms with van der Waals surface area (Å²) in [5.74, 6) is -0.460. The van der Waals surface area contributed by atoms with Crippen molar-refractivity contribution in [3.05, 3.63) is 59.9 Å². The molecule has 0 saturated carbocycles. The van der Waals surface area contributed by atoms with E-state index in [9.17, 15) is 22.7 Å². The first-order valence-electron chi connectivity index (χ1n) is 10.4. The second kappa shape index (κ2) is 10.9. The molecule has 1 saturated heterocycles. The molecule has 3 rings (SSSR count). The van der Waals surface area contributed by atoms with E-state index in [0.29, 0.717) is 30.5 Å². The van der Waals surface area contributed by atoms with Gasteiger partial charge in [-0.3, -0.25) is 0 Å². The van der Waals surface area contributed by atoms with Crippen molar-refractivity contribution in [1.29, 1.82) is 0 Å². The number of rotatable bonds is 8. The highest BCUT2D eigenvalue weighted by atomic mass is 32.2. The van der Waals surface area contributed by atoms with Crippen LogP contribution in [0.4, 0.5) is 14.9 Å². The fourth-order valence-corrected chi connectivity index (χ4v) is 4.99. The average molecular weight is 466 g/mol. The number of carbonyl (C=O) groups is 1. The molecule has 3 atom stereocenters. The molecule has 1 heterocycles. The van der Waals surface area contributed by atoms with Crippen molar-refractivity contribution in [2.45, 2.75) is 49.3 Å². The fraction of sp³-hybridized carbons (Fsp3) is 0.409. The summed E-state index contributed by atoms with van der Waals surface area (Å²) in [5.41, 5.74) is 0.985. The van der Waals surface area contributed by atoms with E-state index in [2.05, 4.69) is 15.4 Å². The summed E-state index contributed by atoms with van der Waals surface area (Å²) >= 11 is 0. The van der Waals surface area contributed by atoms with Crippen molar-refractivity contribution in [3.63, 3.8) is 0 Å². The maximum Gasteiger partial charge on any atom is 0.319 e. The number of anilines is 1. The van der Waals surface area contributed by atoms with Crippen LogP contribution in [-0.2, 0) is 14.8 Å². The quantitative estimate of drug-likeness (QED) is 0.478. The number of hydrogen-bond acceptors (Lipinski definition) is 5. The van der Waals surface area contributed by atoms with Crippen LogP contribution in [0.5, 0.6) is 0 Å². The topological polar surface area (TPSA) is 117 Å². The maximum absolute atomic E-state index is 13.3. The number of halogens is 1. The first-order chi connectivity index (χ1) is 15.3. The number of aryl methyl sites for hydroxylation is 1. The maximum atomic E-state index is 13.3. The molecule has 2 amide bonds. The van der Waals surface area contributed by atoms with Gasteiger partial charge in [0, 0.05) is 12.2 Å². The molecule has 174 valence electrons. The minimum atomic E-state index is -3.62. The van der Waals surface area contributed by atoms with Crippen molar-refractivity contribution in [2.75, 3.05) is 18.5 Å². The lowest BCUT2D eigenvalue weighted by Crippen LogP contribution is -2.52. The number of amides is 2. The van der Waals surface area contributed by atoms with Crippen molar-refractivity contribution in [3.8, 4) is 0 Å². The fourth-order valence-electron chi connectivity index (χ4n) is 3.70. The zero-order chi connectivity index (χ0) is 23.1. The van der Waals surface area contributed by atoms with Crippen molar-refractivity contribution in [1.82, 2.24) is 10.0 Å². The van der Waals surface area contributed by atoms with Gasteiger partial charge in [-0.25, -0.2) is 22.3 Å². The summed E-state index contributed by atoms with van der Waals surface area (Å²) < 4.78 is 46.7. The summed E-state index contributed by atoms with van der Waals surface area (Å²) in [7, 11) is -3.62. The molecule has 1 fully saturated rings. The van der Waals surface area contributed by atoms with E-state index in [4.69, 9.17) is 4.74 Å². The molecule has 0 aliphatic carbocycles. The van der Waals surface area contributed by atoms with E-state index in [1.54, 1.807) is 37.3 Å². The third-order valence-corrected chi connectivity index (χ3v) is 6.96. The van der Waals surface area contributed by atoms with Crippen molar-refractivity contribution < 1.29 is 27.4 Å². The smallest absolute Gasteiger partial charge is 0.319 e. The molecule has 0 unspecified atom stereocenters. The van der Waals surface area contributed by atoms with E-state index in [1.165, 1.54) is 18.2 Å². The molecular weight excluding hydrogens is 437 g/mol. The van der Waals surface area contributed by atoms with Crippen LogP contribution in [0.15, 0.2) is 53.4 Å². The van der Waals surface area contributed by atoms with E-state index in [0.717, 1.165) is 0 Å². The summed E-state index contributed by atoms with van der Waals surface area (Å²) in [5, 5.41) is 15.0. The van der Waals surface area contributed by atoms with Gasteiger partial charge in [-0.2, -0.15) is 0 Å². The Hall–Kier alpha value is -2.53. The lowest BCUT2D eigenvalue weighted by atomic mass is 9.97. The number of urea groups is 1. The van der Waals surface area contributed by atoms with Crippen molar-refractivity contribution in [2.24, 2.45) is 0 Å². The van der Waals surface area contributed by atoms with Gasteiger partial charge in [0.1, 0.15) is 11.9 Å². The minimum absolute atomic E-state index is 0.192. The van der Waals surface area contributed by atoms with Crippen LogP contribution in [0.3, 0.4) is 0 Å². The number of nitrogens with one attached hydrogen (secondary N) is 3. The number of aliphatic hydroxyl groups is 1. The third kappa shape index (κ3) is 6.49. The van der Waals surface area contributed by atoms with Crippen LogP contribution in [0, 0.1) is 12.7 Å². The van der Waals surface area contributed by atoms with Gasteiger partial charge in [-0.1, -0.05) is 24.3 Å². The Balaban J connectivity index is 1.47. The zero-order valence-electron chi connectivity index (χ0n) is 17.8. The Labute approximate surface area is 187 Å². The molecule has 8 nitrogen and oxygen atoms in total. The standard InChI is InChI=1S/C22H28FN3O5S/c1-15-5-2-3-8-21(15)32(29,30)24-12-11-18-9-10-19(20(14-27)31-18)26-22(28)25-17-7-4-6-16(23)13-17/h2-8,13,18-20,24,27H,9-12,14H2,1H3,(H2,25,26,28)/t18-,19+,20-/m1/s1. The van der Waals surface area contributed by atoms with E-state index in [1.807, 2.05) is 0 Å². The summed E-state index contributed by atoms with van der Waals surface area (Å²) in [6.07, 6.45) is 0.699. The second-order valence-electron chi connectivity index (χ2n) is 7.72. The zero-order valence-corrected chi connectivity index (χ0v) is 18.6. The molecule has 32 heavy (non-hydrogen) atoms. The highest BCUT2D eigenvalue weighted by Gasteiger charge is 2.32. The number of benzene rings is 2. The first kappa shape index (κ1) is 24.1. The van der Waals surface area contributed by atoms with Gasteiger partial charge < -0.3 is 20.5 Å². The first-order valence-corrected chi connectivity index (χ1v) is 11.9. The largest absolute Gasteiger partial charge is 0.394 e. The molecule has 2 aromatic carbocycles. The Morgan fingerprint density at radius 3 is 2.69 bits per heavy atom. The highest BCUT2D eigenvalue weighted by molar-refractivity contribution is 7.89. The van der Waals surface area contributed by atoms with Crippen LogP contribution < -0.4 is 15.4 Å². The van der Waals surface area contributed by atoms with Gasteiger partial charge in [0.2, 0.25) is 10.0 Å². The van der Waals surface area contributed by atoms with Crippen LogP contribution in [-0.4, -0.2) is 51.0 Å².